The van der Waals surface area contributed by atoms with Crippen LogP contribution in [0.15, 0.2) is 90.3 Å². The second-order valence-electron chi connectivity index (χ2n) is 8.77. The number of carbonyl (C=O) groups excluding carboxylic acids is 1. The Bertz CT molecular complexity index is 1630. The lowest BCUT2D eigenvalue weighted by atomic mass is 9.89. The molecule has 6 rings (SSSR count). The highest BCUT2D eigenvalue weighted by Gasteiger charge is 2.34. The number of hydrazone groups is 1. The summed E-state index contributed by atoms with van der Waals surface area (Å²) in [6.45, 7) is 3.58. The summed E-state index contributed by atoms with van der Waals surface area (Å²) in [6.07, 6.45) is 3.95. The van der Waals surface area contributed by atoms with Gasteiger partial charge in [0.15, 0.2) is 0 Å². The predicted molar refractivity (Wildman–Crippen MR) is 138 cm³/mol. The van der Waals surface area contributed by atoms with Crippen molar-refractivity contribution in [2.45, 2.75) is 26.3 Å². The van der Waals surface area contributed by atoms with Crippen molar-refractivity contribution in [2.75, 3.05) is 0 Å². The summed E-state index contributed by atoms with van der Waals surface area (Å²) in [6, 6.07) is 24.3. The molecule has 1 aliphatic rings. The number of fused-ring (bicyclic) bond motifs is 2. The zero-order valence-corrected chi connectivity index (χ0v) is 19.5. The predicted octanol–water partition coefficient (Wildman–Crippen LogP) is 5.85. The molecule has 1 amide bonds. The third-order valence-electron chi connectivity index (χ3n) is 6.54. The molecule has 3 heterocycles. The first kappa shape index (κ1) is 21.1. The number of carbonyl (C=O) groups is 1. The Kier molecular flexibility index (Phi) is 5.07. The molecule has 1 unspecified atom stereocenters. The van der Waals surface area contributed by atoms with Crippen LogP contribution in [0.1, 0.15) is 36.2 Å². The molecule has 2 aromatic heterocycles. The van der Waals surface area contributed by atoms with Crippen LogP contribution in [0.4, 0.5) is 0 Å². The van der Waals surface area contributed by atoms with Crippen LogP contribution in [0.3, 0.4) is 0 Å². The van der Waals surface area contributed by atoms with E-state index in [4.69, 9.17) is 10.1 Å². The topological polar surface area (TPSA) is 71.3 Å². The summed E-state index contributed by atoms with van der Waals surface area (Å²) >= 11 is 0. The highest BCUT2D eigenvalue weighted by atomic mass is 16.2. The van der Waals surface area contributed by atoms with Gasteiger partial charge in [-0.3, -0.25) is 19.7 Å². The van der Waals surface area contributed by atoms with E-state index < -0.39 is 0 Å². The van der Waals surface area contributed by atoms with E-state index in [1.54, 1.807) is 24.3 Å². The second kappa shape index (κ2) is 8.40. The zero-order chi connectivity index (χ0) is 23.9. The molecule has 170 valence electrons. The van der Waals surface area contributed by atoms with Crippen LogP contribution in [-0.2, 0) is 4.79 Å². The summed E-state index contributed by atoms with van der Waals surface area (Å²) in [7, 11) is 0. The molecule has 0 bridgehead atoms. The minimum Gasteiger partial charge on any atom is -0.273 e. The Labute approximate surface area is 203 Å². The van der Waals surface area contributed by atoms with Crippen molar-refractivity contribution in [2.24, 2.45) is 5.10 Å². The molecule has 0 fully saturated rings. The van der Waals surface area contributed by atoms with Gasteiger partial charge >= 0.3 is 0 Å². The van der Waals surface area contributed by atoms with Crippen molar-refractivity contribution in [1.82, 2.24) is 20.0 Å². The van der Waals surface area contributed by atoms with Gasteiger partial charge in [-0.15, -0.1) is 0 Å². The molecule has 0 spiro atoms. The monoisotopic (exact) mass is 457 g/mol. The lowest BCUT2D eigenvalue weighted by Gasteiger charge is -2.20. The fourth-order valence-corrected chi connectivity index (χ4v) is 4.99. The Morgan fingerprint density at radius 2 is 1.60 bits per heavy atom. The summed E-state index contributed by atoms with van der Waals surface area (Å²) in [5, 5.41) is 7.54. The fraction of sp³-hybridized carbons (Fsp3) is 0.138. The minimum absolute atomic E-state index is 0.100. The third-order valence-corrected chi connectivity index (χ3v) is 6.54. The van der Waals surface area contributed by atoms with Crippen molar-refractivity contribution in [3.63, 3.8) is 0 Å². The number of hydrogen-bond donors (Lipinski definition) is 0. The smallest absolute Gasteiger partial charge is 0.240 e. The molecule has 1 aliphatic heterocycles. The number of para-hydroxylation sites is 1. The van der Waals surface area contributed by atoms with Crippen LogP contribution in [0.5, 0.6) is 0 Å². The van der Waals surface area contributed by atoms with Gasteiger partial charge in [0.2, 0.25) is 5.91 Å². The molecule has 0 radical (unpaired) electrons. The van der Waals surface area contributed by atoms with E-state index in [0.717, 1.165) is 55.6 Å². The number of pyridine rings is 1. The maximum absolute atomic E-state index is 12.7. The van der Waals surface area contributed by atoms with Crippen LogP contribution in [0.2, 0.25) is 0 Å². The van der Waals surface area contributed by atoms with Gasteiger partial charge < -0.3 is 0 Å². The van der Waals surface area contributed by atoms with Gasteiger partial charge in [-0.25, -0.2) is 5.01 Å². The third kappa shape index (κ3) is 3.64. The number of aromatic nitrogens is 3. The van der Waals surface area contributed by atoms with Crippen LogP contribution < -0.4 is 0 Å². The van der Waals surface area contributed by atoms with Crippen molar-refractivity contribution in [3.05, 3.63) is 102 Å². The number of rotatable bonds is 3. The average molecular weight is 458 g/mol. The molecule has 6 nitrogen and oxygen atoms in total. The van der Waals surface area contributed by atoms with E-state index in [1.165, 1.54) is 0 Å². The van der Waals surface area contributed by atoms with E-state index in [-0.39, 0.29) is 11.9 Å². The first-order valence-electron chi connectivity index (χ1n) is 11.6. The lowest BCUT2D eigenvalue weighted by Crippen LogP contribution is -2.24. The number of amides is 1. The molecule has 0 saturated heterocycles. The van der Waals surface area contributed by atoms with Crippen molar-refractivity contribution >= 4 is 33.6 Å². The van der Waals surface area contributed by atoms with Crippen LogP contribution in [0, 0.1) is 6.92 Å². The fourth-order valence-electron chi connectivity index (χ4n) is 4.99. The van der Waals surface area contributed by atoms with E-state index in [1.807, 2.05) is 61.5 Å². The number of benzene rings is 3. The number of aryl methyl sites for hydroxylation is 1. The highest BCUT2D eigenvalue weighted by molar-refractivity contribution is 6.14. The van der Waals surface area contributed by atoms with Gasteiger partial charge in [0, 0.05) is 47.9 Å². The van der Waals surface area contributed by atoms with Crippen molar-refractivity contribution in [1.29, 1.82) is 0 Å². The molecule has 0 N–H and O–H groups in total. The average Bonchev–Trinajstić information content (AvgIpc) is 3.33. The van der Waals surface area contributed by atoms with E-state index in [2.05, 4.69) is 28.2 Å². The highest BCUT2D eigenvalue weighted by Crippen LogP contribution is 2.39. The molecular weight excluding hydrogens is 434 g/mol. The van der Waals surface area contributed by atoms with Crippen molar-refractivity contribution in [3.8, 4) is 11.1 Å². The van der Waals surface area contributed by atoms with E-state index in [0.29, 0.717) is 6.42 Å². The molecule has 0 aliphatic carbocycles. The van der Waals surface area contributed by atoms with Crippen LogP contribution in [-0.4, -0.2) is 31.6 Å². The van der Waals surface area contributed by atoms with E-state index in [9.17, 15) is 4.79 Å². The van der Waals surface area contributed by atoms with Gasteiger partial charge in [-0.2, -0.15) is 5.10 Å². The van der Waals surface area contributed by atoms with Crippen molar-refractivity contribution < 1.29 is 4.79 Å². The normalized spacial score (nSPS) is 15.5. The summed E-state index contributed by atoms with van der Waals surface area (Å²) < 4.78 is 0. The lowest BCUT2D eigenvalue weighted by molar-refractivity contribution is -0.130. The van der Waals surface area contributed by atoms with Gasteiger partial charge in [0.1, 0.15) is 0 Å². The maximum atomic E-state index is 12.7. The van der Waals surface area contributed by atoms with Gasteiger partial charge in [-0.1, -0.05) is 54.6 Å². The molecular formula is C29H23N5O. The zero-order valence-electron chi connectivity index (χ0n) is 19.5. The minimum atomic E-state index is -0.219. The first-order valence-corrected chi connectivity index (χ1v) is 11.6. The van der Waals surface area contributed by atoms with Gasteiger partial charge in [-0.05, 0) is 36.2 Å². The SMILES string of the molecule is CC(=O)N1N=C(c2c(C)nc3ccccc3c2-c2ccccc2)CC1c1ccc2nccnc2c1. The Morgan fingerprint density at radius 3 is 2.40 bits per heavy atom. The second-order valence-corrected chi connectivity index (χ2v) is 8.77. The Balaban J connectivity index is 1.53. The molecule has 3 aromatic carbocycles. The van der Waals surface area contributed by atoms with Crippen LogP contribution >= 0.6 is 0 Å². The number of nitrogens with zero attached hydrogens (tertiary/aromatic N) is 5. The quantitative estimate of drug-likeness (QED) is 0.341. The summed E-state index contributed by atoms with van der Waals surface area (Å²) in [4.78, 5) is 26.4. The Morgan fingerprint density at radius 1 is 0.857 bits per heavy atom. The molecule has 1 atom stereocenters. The summed E-state index contributed by atoms with van der Waals surface area (Å²) in [5.74, 6) is -0.100. The molecule has 35 heavy (non-hydrogen) atoms. The summed E-state index contributed by atoms with van der Waals surface area (Å²) in [5.41, 5.74) is 8.50. The van der Waals surface area contributed by atoms with Gasteiger partial charge in [0.05, 0.1) is 28.3 Å². The maximum Gasteiger partial charge on any atom is 0.240 e. The van der Waals surface area contributed by atoms with Crippen LogP contribution in [0.25, 0.3) is 33.1 Å². The Hall–Kier alpha value is -4.45. The molecule has 0 saturated carbocycles. The largest absolute Gasteiger partial charge is 0.273 e. The molecule has 5 aromatic rings. The standard InChI is InChI=1S/C29H23N5O/c1-18-28(29(20-8-4-3-5-9-20)22-10-6-7-11-23(22)32-18)26-17-27(34(33-26)19(2)35)21-12-13-24-25(16-21)31-15-14-30-24/h3-16,27H,17H2,1-2H3. The van der Waals surface area contributed by atoms with E-state index >= 15 is 0 Å². The molecule has 6 heteroatoms. The van der Waals surface area contributed by atoms with Gasteiger partial charge in [0.25, 0.3) is 0 Å². The first-order chi connectivity index (χ1) is 17.1. The number of hydrogen-bond acceptors (Lipinski definition) is 5.